The summed E-state index contributed by atoms with van der Waals surface area (Å²) < 4.78 is 38.4. The Morgan fingerprint density at radius 3 is 2.33 bits per heavy atom. The summed E-state index contributed by atoms with van der Waals surface area (Å²) in [6.45, 7) is 1.42. The molecule has 0 aliphatic carbocycles. The fourth-order valence-corrected chi connectivity index (χ4v) is 1.98. The van der Waals surface area contributed by atoms with Crippen molar-refractivity contribution in [2.24, 2.45) is 0 Å². The molecule has 1 aliphatic rings. The van der Waals surface area contributed by atoms with Crippen LogP contribution in [0.4, 0.5) is 13.2 Å². The summed E-state index contributed by atoms with van der Waals surface area (Å²) in [7, 11) is 0. The zero-order chi connectivity index (χ0) is 11.1. The molecule has 2 atom stereocenters. The third kappa shape index (κ3) is 2.49. The van der Waals surface area contributed by atoms with E-state index in [1.807, 2.05) is 0 Å². The Hall–Kier alpha value is -0.630. The van der Waals surface area contributed by atoms with Crippen molar-refractivity contribution in [3.63, 3.8) is 0 Å². The lowest BCUT2D eigenvalue weighted by Gasteiger charge is -2.16. The summed E-state index contributed by atoms with van der Waals surface area (Å²) in [6.07, 6.45) is -6.02. The molecule has 4 nitrogen and oxygen atoms in total. The van der Waals surface area contributed by atoms with Gasteiger partial charge < -0.3 is 10.2 Å². The lowest BCUT2D eigenvalue weighted by atomic mass is 10.00. The number of ketones is 1. The maximum atomic E-state index is 12.1. The van der Waals surface area contributed by atoms with Gasteiger partial charge in [0.1, 0.15) is 6.10 Å². The Kier molecular flexibility index (Phi) is 3.92. The predicted octanol–water partition coefficient (Wildman–Crippen LogP) is 0.762. The van der Waals surface area contributed by atoms with Gasteiger partial charge in [0, 0.05) is 6.42 Å². The molecule has 8 heteroatoms. The van der Waals surface area contributed by atoms with Crippen molar-refractivity contribution < 1.29 is 33.0 Å². The SMILES string of the molecule is CC1CC(Br)(C(=O)C(F)(F)F)C(=O)O1.O. The number of rotatable bonds is 1. The summed E-state index contributed by atoms with van der Waals surface area (Å²) >= 11 is 2.51. The highest BCUT2D eigenvalue weighted by atomic mass is 79.9. The van der Waals surface area contributed by atoms with Crippen molar-refractivity contribution in [1.82, 2.24) is 0 Å². The van der Waals surface area contributed by atoms with Crippen LogP contribution in [0.3, 0.4) is 0 Å². The lowest BCUT2D eigenvalue weighted by molar-refractivity contribution is -0.175. The van der Waals surface area contributed by atoms with Crippen LogP contribution in [-0.4, -0.2) is 33.8 Å². The van der Waals surface area contributed by atoms with Gasteiger partial charge in [0.2, 0.25) is 0 Å². The molecule has 1 heterocycles. The number of cyclic esters (lactones) is 1. The molecular weight excluding hydrogens is 285 g/mol. The lowest BCUT2D eigenvalue weighted by Crippen LogP contribution is -2.45. The molecule has 1 rings (SSSR count). The van der Waals surface area contributed by atoms with Gasteiger partial charge in [-0.1, -0.05) is 15.9 Å². The average molecular weight is 293 g/mol. The molecule has 88 valence electrons. The number of ether oxygens (including phenoxy) is 1. The van der Waals surface area contributed by atoms with E-state index in [1.165, 1.54) is 6.92 Å². The molecule has 0 spiro atoms. The first kappa shape index (κ1) is 14.4. The maximum absolute atomic E-state index is 12.1. The van der Waals surface area contributed by atoms with E-state index in [2.05, 4.69) is 20.7 Å². The van der Waals surface area contributed by atoms with E-state index in [0.29, 0.717) is 0 Å². The van der Waals surface area contributed by atoms with Crippen molar-refractivity contribution in [1.29, 1.82) is 0 Å². The molecule has 2 N–H and O–H groups in total. The van der Waals surface area contributed by atoms with E-state index in [1.54, 1.807) is 0 Å². The van der Waals surface area contributed by atoms with Gasteiger partial charge in [0.25, 0.3) is 5.78 Å². The van der Waals surface area contributed by atoms with Crippen LogP contribution in [-0.2, 0) is 14.3 Å². The zero-order valence-electron chi connectivity index (χ0n) is 7.52. The monoisotopic (exact) mass is 292 g/mol. The number of alkyl halides is 4. The van der Waals surface area contributed by atoms with Gasteiger partial charge in [-0.3, -0.25) is 9.59 Å². The Bertz CT molecular complexity index is 290. The van der Waals surface area contributed by atoms with Gasteiger partial charge in [-0.25, -0.2) is 0 Å². The van der Waals surface area contributed by atoms with E-state index in [4.69, 9.17) is 0 Å². The largest absolute Gasteiger partial charge is 0.461 e. The highest BCUT2D eigenvalue weighted by molar-refractivity contribution is 9.10. The Morgan fingerprint density at radius 1 is 1.60 bits per heavy atom. The van der Waals surface area contributed by atoms with Crippen molar-refractivity contribution >= 4 is 27.7 Å². The average Bonchev–Trinajstić information content (AvgIpc) is 2.24. The van der Waals surface area contributed by atoms with Crippen molar-refractivity contribution in [2.75, 3.05) is 0 Å². The van der Waals surface area contributed by atoms with E-state index in [-0.39, 0.29) is 11.9 Å². The third-order valence-corrected chi connectivity index (χ3v) is 2.83. The smallest absolute Gasteiger partial charge is 0.452 e. The van der Waals surface area contributed by atoms with Gasteiger partial charge in [0.05, 0.1) is 0 Å². The highest BCUT2D eigenvalue weighted by Crippen LogP contribution is 2.39. The normalized spacial score (nSPS) is 30.7. The second-order valence-electron chi connectivity index (χ2n) is 3.05. The molecule has 0 amide bonds. The van der Waals surface area contributed by atoms with Crippen LogP contribution in [0.15, 0.2) is 0 Å². The number of hydrogen-bond donors (Lipinski definition) is 0. The first-order valence-electron chi connectivity index (χ1n) is 3.69. The highest BCUT2D eigenvalue weighted by Gasteiger charge is 2.60. The van der Waals surface area contributed by atoms with Crippen LogP contribution in [0.1, 0.15) is 13.3 Å². The zero-order valence-corrected chi connectivity index (χ0v) is 9.11. The van der Waals surface area contributed by atoms with Crippen molar-refractivity contribution in [2.45, 2.75) is 29.9 Å². The molecule has 2 unspecified atom stereocenters. The molecule has 0 aromatic heterocycles. The fourth-order valence-electron chi connectivity index (χ4n) is 1.21. The van der Waals surface area contributed by atoms with Crippen LogP contribution in [0, 0.1) is 0 Å². The van der Waals surface area contributed by atoms with Crippen molar-refractivity contribution in [3.05, 3.63) is 0 Å². The molecule has 0 aromatic rings. The number of Topliss-reactive ketones (excluding diaryl/α,β-unsaturated/α-hetero) is 1. The minimum atomic E-state index is -5.04. The van der Waals surface area contributed by atoms with Crippen LogP contribution in [0.25, 0.3) is 0 Å². The number of carbonyl (C=O) groups is 2. The maximum Gasteiger partial charge on any atom is 0.452 e. The van der Waals surface area contributed by atoms with Gasteiger partial charge in [-0.2, -0.15) is 13.2 Å². The Morgan fingerprint density at radius 2 is 2.07 bits per heavy atom. The molecule has 0 saturated carbocycles. The van der Waals surface area contributed by atoms with E-state index >= 15 is 0 Å². The van der Waals surface area contributed by atoms with E-state index < -0.39 is 28.4 Å². The van der Waals surface area contributed by atoms with Crippen LogP contribution in [0.5, 0.6) is 0 Å². The number of hydrogen-bond acceptors (Lipinski definition) is 3. The fraction of sp³-hybridized carbons (Fsp3) is 0.714. The summed E-state index contributed by atoms with van der Waals surface area (Å²) in [5.74, 6) is -3.29. The second kappa shape index (κ2) is 4.09. The molecule has 1 saturated heterocycles. The van der Waals surface area contributed by atoms with Crippen LogP contribution >= 0.6 is 15.9 Å². The van der Waals surface area contributed by atoms with Gasteiger partial charge >= 0.3 is 12.1 Å². The summed E-state index contributed by atoms with van der Waals surface area (Å²) in [5, 5.41) is 0. The first-order chi connectivity index (χ1) is 6.18. The molecule has 15 heavy (non-hydrogen) atoms. The summed E-state index contributed by atoms with van der Waals surface area (Å²) in [5.41, 5.74) is 0. The summed E-state index contributed by atoms with van der Waals surface area (Å²) in [4.78, 5) is 21.9. The number of carbonyl (C=O) groups excluding carboxylic acids is 2. The predicted molar refractivity (Wildman–Crippen MR) is 46.5 cm³/mol. The molecule has 1 fully saturated rings. The molecule has 0 radical (unpaired) electrons. The standard InChI is InChI=1S/C7H6BrF3O3.H2O/c1-3-2-6(8,5(13)14-3)4(12)7(9,10)11;/h3H,2H2,1H3;1H2. The first-order valence-corrected chi connectivity index (χ1v) is 4.49. The second-order valence-corrected chi connectivity index (χ2v) is 4.40. The Balaban J connectivity index is 0.00000196. The molecule has 0 aromatic carbocycles. The van der Waals surface area contributed by atoms with Crippen molar-refractivity contribution in [3.8, 4) is 0 Å². The quantitative estimate of drug-likeness (QED) is 0.407. The number of halogens is 4. The third-order valence-electron chi connectivity index (χ3n) is 1.82. The molecular formula is C7H8BrF3O4. The number of esters is 1. The molecule has 1 aliphatic heterocycles. The topological polar surface area (TPSA) is 74.9 Å². The summed E-state index contributed by atoms with van der Waals surface area (Å²) in [6, 6.07) is 0. The van der Waals surface area contributed by atoms with Crippen LogP contribution in [0.2, 0.25) is 0 Å². The minimum Gasteiger partial charge on any atom is -0.461 e. The minimum absolute atomic E-state index is 0. The van der Waals surface area contributed by atoms with Crippen LogP contribution < -0.4 is 0 Å². The van der Waals surface area contributed by atoms with Gasteiger partial charge in [-0.15, -0.1) is 0 Å². The van der Waals surface area contributed by atoms with E-state index in [0.717, 1.165) is 0 Å². The molecule has 0 bridgehead atoms. The van der Waals surface area contributed by atoms with E-state index in [9.17, 15) is 22.8 Å². The van der Waals surface area contributed by atoms with Gasteiger partial charge in [-0.05, 0) is 6.92 Å². The van der Waals surface area contributed by atoms with Gasteiger partial charge in [0.15, 0.2) is 4.32 Å². The Labute approximate surface area is 91.2 Å².